The Bertz CT molecular complexity index is 1860. The minimum atomic E-state index is -2.32. The van der Waals surface area contributed by atoms with Gasteiger partial charge >= 0.3 is 6.09 Å². The normalized spacial score (nSPS) is 14.7. The van der Waals surface area contributed by atoms with Gasteiger partial charge in [0.2, 0.25) is 0 Å². The van der Waals surface area contributed by atoms with Crippen molar-refractivity contribution in [2.45, 2.75) is 112 Å². The van der Waals surface area contributed by atoms with E-state index in [1.165, 1.54) is 6.07 Å². The quantitative estimate of drug-likeness (QED) is 0.150. The van der Waals surface area contributed by atoms with E-state index in [9.17, 15) is 4.79 Å². The average molecular weight is 719 g/mol. The third-order valence-electron chi connectivity index (χ3n) is 9.91. The number of anilines is 1. The van der Waals surface area contributed by atoms with E-state index < -0.39 is 37.9 Å². The van der Waals surface area contributed by atoms with Crippen LogP contribution in [0.3, 0.4) is 0 Å². The fourth-order valence-corrected chi connectivity index (χ4v) is 7.51. The van der Waals surface area contributed by atoms with Crippen molar-refractivity contribution in [3.8, 4) is 28.4 Å². The maximum Gasteiger partial charge on any atom is 0.404 e. The molecule has 0 radical (unpaired) electrons. The van der Waals surface area contributed by atoms with E-state index in [4.69, 9.17) is 34.1 Å². The molecule has 1 aliphatic heterocycles. The van der Waals surface area contributed by atoms with Crippen LogP contribution in [-0.4, -0.2) is 53.3 Å². The summed E-state index contributed by atoms with van der Waals surface area (Å²) in [5, 5.41) is 4.08. The SMILES string of the molecule is Cc1noc(C)c1-c1nc(-c2cc(OC([C@@H](CCOC(N)=O)O[Si](C)(C)C(C)(C)C)C(C)(C)C)ccc2F)nc(N2Cc3cccnc3C2)c1C. The standard InChI is InChI=1S/C38H51FN6O5Si/c1-22-32(31-23(2)44-49-24(31)3)42-34(43-35(22)45-20-25-13-12-17-41-29(25)21-45)27-19-26(14-15-28(27)39)48-33(37(4,5)6)30(16-18-47-36(40)46)50-51(10,11)38(7,8)9/h12-15,17,19,30,33H,16,18,20-21H2,1-11H3,(H2,40,46)/t30-,33?/m1/s1. The zero-order valence-corrected chi connectivity index (χ0v) is 32.7. The van der Waals surface area contributed by atoms with Crippen LogP contribution in [0.5, 0.6) is 5.75 Å². The third-order valence-corrected chi connectivity index (χ3v) is 14.4. The number of nitrogens with two attached hydrogens (primary N) is 1. The van der Waals surface area contributed by atoms with Crippen LogP contribution < -0.4 is 15.4 Å². The number of ether oxygens (including phenoxy) is 2. The molecule has 0 aliphatic carbocycles. The Labute approximate surface area is 301 Å². The topological polar surface area (TPSA) is 139 Å². The van der Waals surface area contributed by atoms with E-state index in [2.05, 4.69) is 75.7 Å². The van der Waals surface area contributed by atoms with Crippen molar-refractivity contribution >= 4 is 20.2 Å². The van der Waals surface area contributed by atoms with Crippen LogP contribution >= 0.6 is 0 Å². The molecule has 0 saturated heterocycles. The molecule has 2 N–H and O–H groups in total. The van der Waals surface area contributed by atoms with Crippen molar-refractivity contribution in [3.63, 3.8) is 0 Å². The first-order valence-corrected chi connectivity index (χ1v) is 20.2. The van der Waals surface area contributed by atoms with Crippen molar-refractivity contribution in [2.24, 2.45) is 11.1 Å². The monoisotopic (exact) mass is 718 g/mol. The van der Waals surface area contributed by atoms with Crippen LogP contribution in [0.15, 0.2) is 41.1 Å². The molecule has 1 aromatic carbocycles. The fraction of sp³-hybridized carbons (Fsp3) is 0.500. The molecule has 0 saturated carbocycles. The Balaban J connectivity index is 1.58. The summed E-state index contributed by atoms with van der Waals surface area (Å²) < 4.78 is 40.4. The number of hydrogen-bond acceptors (Lipinski definition) is 10. The van der Waals surface area contributed by atoms with Crippen LogP contribution in [0.2, 0.25) is 18.1 Å². The lowest BCUT2D eigenvalue weighted by Gasteiger charge is -2.44. The number of carbonyl (C=O) groups is 1. The summed E-state index contributed by atoms with van der Waals surface area (Å²) in [5.41, 5.74) is 10.0. The molecule has 1 unspecified atom stereocenters. The van der Waals surface area contributed by atoms with Gasteiger partial charge in [0.1, 0.15) is 29.2 Å². The number of aryl methyl sites for hydroxylation is 2. The van der Waals surface area contributed by atoms with E-state index in [1.54, 1.807) is 18.3 Å². The molecule has 13 heteroatoms. The van der Waals surface area contributed by atoms with Gasteiger partial charge in [0, 0.05) is 30.1 Å². The number of amides is 1. The van der Waals surface area contributed by atoms with E-state index in [1.807, 2.05) is 26.8 Å². The largest absolute Gasteiger partial charge is 0.487 e. The predicted octanol–water partition coefficient (Wildman–Crippen LogP) is 8.45. The first-order chi connectivity index (χ1) is 23.8. The Morgan fingerprint density at radius 1 is 1.08 bits per heavy atom. The molecule has 11 nitrogen and oxygen atoms in total. The van der Waals surface area contributed by atoms with E-state index in [0.717, 1.165) is 22.4 Å². The van der Waals surface area contributed by atoms with Gasteiger partial charge in [-0.2, -0.15) is 0 Å². The van der Waals surface area contributed by atoms with Gasteiger partial charge < -0.3 is 29.1 Å². The molecule has 51 heavy (non-hydrogen) atoms. The molecule has 0 spiro atoms. The average Bonchev–Trinajstić information content (AvgIpc) is 3.61. The maximum absolute atomic E-state index is 16.0. The van der Waals surface area contributed by atoms with Crippen LogP contribution in [0.25, 0.3) is 22.6 Å². The van der Waals surface area contributed by atoms with Gasteiger partial charge in [0.25, 0.3) is 0 Å². The molecule has 5 rings (SSSR count). The van der Waals surface area contributed by atoms with E-state index in [-0.39, 0.29) is 23.0 Å². The number of primary amides is 1. The lowest BCUT2D eigenvalue weighted by molar-refractivity contribution is -0.0302. The molecule has 1 amide bonds. The number of benzene rings is 1. The first-order valence-electron chi connectivity index (χ1n) is 17.3. The van der Waals surface area contributed by atoms with Crippen molar-refractivity contribution < 1.29 is 27.6 Å². The summed E-state index contributed by atoms with van der Waals surface area (Å²) in [5.74, 6) is 1.41. The summed E-state index contributed by atoms with van der Waals surface area (Å²) in [6.45, 7) is 23.9. The molecular formula is C38H51FN6O5Si. The highest BCUT2D eigenvalue weighted by Crippen LogP contribution is 2.41. The van der Waals surface area contributed by atoms with E-state index in [0.29, 0.717) is 48.2 Å². The zero-order chi connectivity index (χ0) is 37.5. The van der Waals surface area contributed by atoms with Crippen molar-refractivity contribution in [2.75, 3.05) is 11.5 Å². The van der Waals surface area contributed by atoms with Crippen LogP contribution in [0, 0.1) is 32.0 Å². The minimum Gasteiger partial charge on any atom is -0.487 e. The molecule has 2 atom stereocenters. The second-order valence-electron chi connectivity index (χ2n) is 15.9. The molecule has 4 heterocycles. The summed E-state index contributed by atoms with van der Waals surface area (Å²) in [7, 11) is -2.32. The Morgan fingerprint density at radius 3 is 2.41 bits per heavy atom. The second kappa shape index (κ2) is 14.3. The Hall–Kier alpha value is -4.36. The van der Waals surface area contributed by atoms with Crippen molar-refractivity contribution in [1.29, 1.82) is 0 Å². The van der Waals surface area contributed by atoms with Crippen LogP contribution in [-0.2, 0) is 22.3 Å². The van der Waals surface area contributed by atoms with Crippen molar-refractivity contribution in [1.82, 2.24) is 20.1 Å². The van der Waals surface area contributed by atoms with Gasteiger partial charge in [-0.3, -0.25) is 4.98 Å². The number of rotatable bonds is 11. The lowest BCUT2D eigenvalue weighted by atomic mass is 9.84. The summed E-state index contributed by atoms with van der Waals surface area (Å²) in [4.78, 5) is 28.1. The third kappa shape index (κ3) is 8.25. The summed E-state index contributed by atoms with van der Waals surface area (Å²) in [6, 6.07) is 8.60. The maximum atomic E-state index is 16.0. The van der Waals surface area contributed by atoms with Crippen LogP contribution in [0.4, 0.5) is 15.0 Å². The Kier molecular flexibility index (Phi) is 10.6. The zero-order valence-electron chi connectivity index (χ0n) is 31.7. The van der Waals surface area contributed by atoms with Gasteiger partial charge in [0.05, 0.1) is 47.5 Å². The Morgan fingerprint density at radius 2 is 1.80 bits per heavy atom. The summed E-state index contributed by atoms with van der Waals surface area (Å²) in [6.07, 6.45) is 0.333. The number of fused-ring (bicyclic) bond motifs is 1. The number of aromatic nitrogens is 4. The number of halogens is 1. The molecule has 274 valence electrons. The molecule has 0 bridgehead atoms. The highest BCUT2D eigenvalue weighted by molar-refractivity contribution is 6.74. The minimum absolute atomic E-state index is 0.0690. The molecular weight excluding hydrogens is 668 g/mol. The van der Waals surface area contributed by atoms with E-state index >= 15 is 4.39 Å². The van der Waals surface area contributed by atoms with Gasteiger partial charge in [0.15, 0.2) is 14.1 Å². The number of hydrogen-bond donors (Lipinski definition) is 1. The van der Waals surface area contributed by atoms with Gasteiger partial charge in [-0.25, -0.2) is 19.2 Å². The smallest absolute Gasteiger partial charge is 0.404 e. The molecule has 1 aliphatic rings. The highest BCUT2D eigenvalue weighted by Gasteiger charge is 2.44. The number of pyridine rings is 1. The lowest BCUT2D eigenvalue weighted by Crippen LogP contribution is -2.52. The number of nitrogens with zero attached hydrogens (tertiary/aromatic N) is 5. The predicted molar refractivity (Wildman–Crippen MR) is 197 cm³/mol. The van der Waals surface area contributed by atoms with Gasteiger partial charge in [-0.1, -0.05) is 52.8 Å². The summed E-state index contributed by atoms with van der Waals surface area (Å²) >= 11 is 0. The molecule has 0 fully saturated rings. The molecule has 3 aromatic heterocycles. The molecule has 4 aromatic rings. The fourth-order valence-electron chi connectivity index (χ4n) is 6.16. The van der Waals surface area contributed by atoms with Crippen LogP contribution in [0.1, 0.15) is 76.2 Å². The van der Waals surface area contributed by atoms with Crippen molar-refractivity contribution in [3.05, 3.63) is 70.6 Å². The van der Waals surface area contributed by atoms with Gasteiger partial charge in [-0.05, 0) is 68.7 Å². The first kappa shape index (κ1) is 37.9. The number of carbonyl (C=O) groups excluding carboxylic acids is 1. The second-order valence-corrected chi connectivity index (χ2v) is 20.7. The highest BCUT2D eigenvalue weighted by atomic mass is 28.4. The van der Waals surface area contributed by atoms with Gasteiger partial charge in [-0.15, -0.1) is 0 Å².